The van der Waals surface area contributed by atoms with Crippen LogP contribution in [0.15, 0.2) is 10.6 Å². The van der Waals surface area contributed by atoms with E-state index in [0.29, 0.717) is 6.54 Å². The van der Waals surface area contributed by atoms with E-state index >= 15 is 0 Å². The summed E-state index contributed by atoms with van der Waals surface area (Å²) < 4.78 is 4.51. The van der Waals surface area contributed by atoms with E-state index in [1.54, 1.807) is 13.8 Å². The zero-order valence-corrected chi connectivity index (χ0v) is 10.1. The van der Waals surface area contributed by atoms with E-state index in [1.807, 2.05) is 6.07 Å². The molecule has 1 rings (SSSR count). The molecule has 96 valence electrons. The van der Waals surface area contributed by atoms with E-state index < -0.39 is 11.9 Å². The second-order valence-corrected chi connectivity index (χ2v) is 3.76. The summed E-state index contributed by atoms with van der Waals surface area (Å²) in [7, 11) is 0. The Bertz CT molecular complexity index is 489. The summed E-state index contributed by atoms with van der Waals surface area (Å²) in [5.74, 6) is -2.42. The average molecular weight is 251 g/mol. The molecule has 1 N–H and O–H groups in total. The fourth-order valence-corrected chi connectivity index (χ4v) is 1.37. The van der Waals surface area contributed by atoms with Crippen molar-refractivity contribution < 1.29 is 19.2 Å². The highest BCUT2D eigenvalue weighted by Gasteiger charge is 2.22. The van der Waals surface area contributed by atoms with E-state index in [9.17, 15) is 9.59 Å². The number of nitrogens with zero attached hydrogens (tertiary/aromatic N) is 3. The molecular formula is C11H13N3O4. The van der Waals surface area contributed by atoms with Crippen LogP contribution in [-0.2, 0) is 0 Å². The first kappa shape index (κ1) is 13.7. The van der Waals surface area contributed by atoms with Gasteiger partial charge in [-0.15, -0.1) is 0 Å². The summed E-state index contributed by atoms with van der Waals surface area (Å²) in [5.41, 5.74) is -0.0700. The molecule has 0 saturated heterocycles. The summed E-state index contributed by atoms with van der Waals surface area (Å²) in [6.07, 6.45) is 0. The first-order valence-electron chi connectivity index (χ1n) is 5.38. The number of rotatable bonds is 5. The lowest BCUT2D eigenvalue weighted by Gasteiger charge is -2.20. The van der Waals surface area contributed by atoms with Crippen molar-refractivity contribution in [3.05, 3.63) is 17.5 Å². The van der Waals surface area contributed by atoms with E-state index in [-0.39, 0.29) is 23.9 Å². The minimum Gasteiger partial charge on any atom is -0.475 e. The molecule has 1 heterocycles. The summed E-state index contributed by atoms with van der Waals surface area (Å²) in [6, 6.07) is 3.10. The molecule has 7 heteroatoms. The van der Waals surface area contributed by atoms with Crippen LogP contribution in [0.4, 0.5) is 0 Å². The summed E-state index contributed by atoms with van der Waals surface area (Å²) in [5, 5.41) is 20.8. The second kappa shape index (κ2) is 5.82. The molecule has 0 aliphatic rings. The monoisotopic (exact) mass is 251 g/mol. The summed E-state index contributed by atoms with van der Waals surface area (Å²) >= 11 is 0. The lowest BCUT2D eigenvalue weighted by molar-refractivity contribution is 0.0648. The van der Waals surface area contributed by atoms with Crippen LogP contribution in [0, 0.1) is 17.2 Å². The zero-order valence-electron chi connectivity index (χ0n) is 10.1. The number of carboxylic acids is 1. The third-order valence-corrected chi connectivity index (χ3v) is 2.32. The Morgan fingerprint density at radius 2 is 2.33 bits per heavy atom. The lowest BCUT2D eigenvalue weighted by Crippen LogP contribution is -2.34. The van der Waals surface area contributed by atoms with Crippen LogP contribution in [0.25, 0.3) is 0 Å². The van der Waals surface area contributed by atoms with Crippen molar-refractivity contribution in [2.24, 2.45) is 5.92 Å². The van der Waals surface area contributed by atoms with E-state index in [2.05, 4.69) is 9.68 Å². The predicted molar refractivity (Wildman–Crippen MR) is 59.8 cm³/mol. The van der Waals surface area contributed by atoms with Gasteiger partial charge in [0.05, 0.1) is 12.0 Å². The van der Waals surface area contributed by atoms with Gasteiger partial charge in [-0.2, -0.15) is 5.26 Å². The van der Waals surface area contributed by atoms with Gasteiger partial charge in [-0.05, 0) is 13.8 Å². The molecular weight excluding hydrogens is 238 g/mol. The van der Waals surface area contributed by atoms with Crippen LogP contribution in [0.5, 0.6) is 0 Å². The number of amides is 1. The fraction of sp³-hybridized carbons (Fsp3) is 0.455. The van der Waals surface area contributed by atoms with Crippen molar-refractivity contribution in [1.29, 1.82) is 5.26 Å². The molecule has 1 unspecified atom stereocenters. The Morgan fingerprint density at radius 1 is 1.67 bits per heavy atom. The van der Waals surface area contributed by atoms with Gasteiger partial charge in [-0.3, -0.25) is 4.79 Å². The number of aromatic nitrogens is 1. The highest BCUT2D eigenvalue weighted by atomic mass is 16.5. The number of carboxylic acid groups (broad SMARTS) is 1. The highest BCUT2D eigenvalue weighted by molar-refractivity contribution is 5.94. The smallest absolute Gasteiger partial charge is 0.374 e. The van der Waals surface area contributed by atoms with Crippen LogP contribution in [0.3, 0.4) is 0 Å². The average Bonchev–Trinajstić information content (AvgIpc) is 2.84. The maximum atomic E-state index is 12.0. The Morgan fingerprint density at radius 3 is 2.78 bits per heavy atom. The number of hydrogen-bond acceptors (Lipinski definition) is 5. The van der Waals surface area contributed by atoms with Crippen molar-refractivity contribution in [2.75, 3.05) is 13.1 Å². The SMILES string of the molecule is CCN(CC(C)C#N)C(=O)c1cc(C(=O)O)on1. The van der Waals surface area contributed by atoms with Gasteiger partial charge < -0.3 is 14.5 Å². The quantitative estimate of drug-likeness (QED) is 0.836. The standard InChI is InChI=1S/C11H13N3O4/c1-3-14(6-7(2)5-12)10(15)8-4-9(11(16)17)18-13-8/h4,7H,3,6H2,1-2H3,(H,16,17). The van der Waals surface area contributed by atoms with E-state index in [1.165, 1.54) is 4.90 Å². The van der Waals surface area contributed by atoms with Gasteiger partial charge in [-0.25, -0.2) is 4.79 Å². The maximum Gasteiger partial charge on any atom is 0.374 e. The van der Waals surface area contributed by atoms with E-state index in [4.69, 9.17) is 10.4 Å². The fourth-order valence-electron chi connectivity index (χ4n) is 1.37. The molecule has 0 aliphatic carbocycles. The molecule has 1 aromatic heterocycles. The largest absolute Gasteiger partial charge is 0.475 e. The van der Waals surface area contributed by atoms with Crippen LogP contribution in [0.1, 0.15) is 34.9 Å². The Kier molecular flexibility index (Phi) is 4.43. The van der Waals surface area contributed by atoms with Crippen LogP contribution in [-0.4, -0.2) is 40.1 Å². The Hall–Kier alpha value is -2.36. The molecule has 1 aromatic rings. The van der Waals surface area contributed by atoms with Gasteiger partial charge in [0.25, 0.3) is 5.91 Å². The lowest BCUT2D eigenvalue weighted by atomic mass is 10.2. The number of carbonyl (C=O) groups is 2. The van der Waals surface area contributed by atoms with Gasteiger partial charge in [0, 0.05) is 19.2 Å². The van der Waals surface area contributed by atoms with Gasteiger partial charge in [0.1, 0.15) is 0 Å². The molecule has 0 saturated carbocycles. The summed E-state index contributed by atoms with van der Waals surface area (Å²) in [4.78, 5) is 24.0. The van der Waals surface area contributed by atoms with Crippen molar-refractivity contribution >= 4 is 11.9 Å². The second-order valence-electron chi connectivity index (χ2n) is 3.76. The molecule has 1 amide bonds. The zero-order chi connectivity index (χ0) is 13.7. The van der Waals surface area contributed by atoms with Crippen molar-refractivity contribution in [3.8, 4) is 6.07 Å². The molecule has 0 spiro atoms. The van der Waals surface area contributed by atoms with Gasteiger partial charge >= 0.3 is 5.97 Å². The van der Waals surface area contributed by atoms with Crippen LogP contribution >= 0.6 is 0 Å². The molecule has 1 atom stereocenters. The third kappa shape index (κ3) is 3.07. The predicted octanol–water partition coefficient (Wildman–Crippen LogP) is 0.995. The topological polar surface area (TPSA) is 107 Å². The molecule has 7 nitrogen and oxygen atoms in total. The van der Waals surface area contributed by atoms with Gasteiger partial charge in [0.15, 0.2) is 5.69 Å². The molecule has 0 bridgehead atoms. The Balaban J connectivity index is 2.83. The van der Waals surface area contributed by atoms with Gasteiger partial charge in [0.2, 0.25) is 5.76 Å². The molecule has 0 aromatic carbocycles. The van der Waals surface area contributed by atoms with Crippen molar-refractivity contribution in [3.63, 3.8) is 0 Å². The number of hydrogen-bond donors (Lipinski definition) is 1. The first-order chi connectivity index (χ1) is 8.49. The van der Waals surface area contributed by atoms with Crippen LogP contribution in [0.2, 0.25) is 0 Å². The number of aromatic carboxylic acids is 1. The van der Waals surface area contributed by atoms with Crippen molar-refractivity contribution in [2.45, 2.75) is 13.8 Å². The minimum absolute atomic E-state index is 0.0700. The number of carbonyl (C=O) groups excluding carboxylic acids is 1. The molecule has 0 radical (unpaired) electrons. The molecule has 0 aliphatic heterocycles. The Labute approximate surface area is 104 Å². The van der Waals surface area contributed by atoms with Gasteiger partial charge in [-0.1, -0.05) is 5.16 Å². The highest BCUT2D eigenvalue weighted by Crippen LogP contribution is 2.09. The van der Waals surface area contributed by atoms with Crippen molar-refractivity contribution in [1.82, 2.24) is 10.1 Å². The first-order valence-corrected chi connectivity index (χ1v) is 5.38. The normalized spacial score (nSPS) is 11.6. The van der Waals surface area contributed by atoms with Crippen LogP contribution < -0.4 is 0 Å². The maximum absolute atomic E-state index is 12.0. The summed E-state index contributed by atoms with van der Waals surface area (Å²) in [6.45, 7) is 4.13. The third-order valence-electron chi connectivity index (χ3n) is 2.32. The van der Waals surface area contributed by atoms with E-state index in [0.717, 1.165) is 6.07 Å². The number of nitriles is 1. The molecule has 18 heavy (non-hydrogen) atoms. The molecule has 0 fully saturated rings. The minimum atomic E-state index is -1.28.